The molecule has 0 bridgehead atoms. The Balaban J connectivity index is 2.21. The molecule has 0 atom stereocenters. The molecule has 0 aliphatic heterocycles. The fraction of sp³-hybridized carbons (Fsp3) is 0.545. The second kappa shape index (κ2) is 5.81. The first kappa shape index (κ1) is 15.4. The van der Waals surface area contributed by atoms with E-state index in [1.54, 1.807) is 7.05 Å². The van der Waals surface area contributed by atoms with Crippen LogP contribution in [0.25, 0.3) is 0 Å². The van der Waals surface area contributed by atoms with Crippen molar-refractivity contribution in [2.75, 3.05) is 7.05 Å². The maximum Gasteiger partial charge on any atom is 0.252 e. The molecule has 0 amide bonds. The van der Waals surface area contributed by atoms with Crippen molar-refractivity contribution in [1.82, 2.24) is 4.31 Å². The summed E-state index contributed by atoms with van der Waals surface area (Å²) in [6, 6.07) is 1.35. The van der Waals surface area contributed by atoms with Gasteiger partial charge in [-0.2, -0.15) is 4.31 Å². The quantitative estimate of drug-likeness (QED) is 0.801. The Bertz CT molecular complexity index is 570. The number of Topliss-reactive ketones (excluding diaryl/α,β-unsaturated/α-hetero) is 1. The van der Waals surface area contributed by atoms with Crippen LogP contribution in [0, 0.1) is 0 Å². The van der Waals surface area contributed by atoms with Crippen molar-refractivity contribution in [3.05, 3.63) is 14.9 Å². The largest absolute Gasteiger partial charge is 0.300 e. The molecule has 2 rings (SSSR count). The second-order valence-electron chi connectivity index (χ2n) is 4.48. The minimum atomic E-state index is -3.53. The molecule has 0 radical (unpaired) electrons. The minimum absolute atomic E-state index is 0.109. The SMILES string of the molecule is CN(C1CCC(=O)CC1)S(=O)(=O)c1cc(Cl)c(Br)s1. The summed E-state index contributed by atoms with van der Waals surface area (Å²) in [6.45, 7) is 0. The Morgan fingerprint density at radius 3 is 2.47 bits per heavy atom. The number of thiophene rings is 1. The van der Waals surface area contributed by atoms with E-state index in [4.69, 9.17) is 11.6 Å². The lowest BCUT2D eigenvalue weighted by Crippen LogP contribution is -2.39. The van der Waals surface area contributed by atoms with Gasteiger partial charge in [0, 0.05) is 25.9 Å². The molecular formula is C11H13BrClNO3S2. The lowest BCUT2D eigenvalue weighted by molar-refractivity contribution is -0.120. The zero-order chi connectivity index (χ0) is 14.2. The Hall–Kier alpha value is 0.0500. The van der Waals surface area contributed by atoms with Crippen molar-refractivity contribution in [3.63, 3.8) is 0 Å². The summed E-state index contributed by atoms with van der Waals surface area (Å²) < 4.78 is 27.1. The first-order valence-electron chi connectivity index (χ1n) is 5.77. The Labute approximate surface area is 129 Å². The minimum Gasteiger partial charge on any atom is -0.300 e. The fourth-order valence-corrected chi connectivity index (χ4v) is 6.08. The third-order valence-corrected chi connectivity index (χ3v) is 8.12. The van der Waals surface area contributed by atoms with Crippen LogP contribution in [-0.2, 0) is 14.8 Å². The average molecular weight is 387 g/mol. The molecule has 106 valence electrons. The highest BCUT2D eigenvalue weighted by molar-refractivity contribution is 9.11. The third-order valence-electron chi connectivity index (χ3n) is 3.28. The van der Waals surface area contributed by atoms with Crippen LogP contribution in [0.1, 0.15) is 25.7 Å². The second-order valence-corrected chi connectivity index (χ2v) is 9.48. The van der Waals surface area contributed by atoms with E-state index in [0.717, 1.165) is 11.3 Å². The highest BCUT2D eigenvalue weighted by Crippen LogP contribution is 2.36. The van der Waals surface area contributed by atoms with E-state index in [1.807, 2.05) is 0 Å². The topological polar surface area (TPSA) is 54.5 Å². The number of carbonyl (C=O) groups is 1. The molecule has 0 unspecified atom stereocenters. The summed E-state index contributed by atoms with van der Waals surface area (Å²) >= 11 is 10.2. The number of halogens is 2. The van der Waals surface area contributed by atoms with Gasteiger partial charge < -0.3 is 0 Å². The van der Waals surface area contributed by atoms with E-state index < -0.39 is 10.0 Å². The number of ketones is 1. The van der Waals surface area contributed by atoms with Gasteiger partial charge in [0.1, 0.15) is 9.99 Å². The third kappa shape index (κ3) is 3.21. The van der Waals surface area contributed by atoms with Crippen molar-refractivity contribution < 1.29 is 13.2 Å². The molecule has 19 heavy (non-hydrogen) atoms. The van der Waals surface area contributed by atoms with Crippen LogP contribution in [0.5, 0.6) is 0 Å². The summed E-state index contributed by atoms with van der Waals surface area (Å²) in [4.78, 5) is 11.2. The number of nitrogens with zero attached hydrogens (tertiary/aromatic N) is 1. The van der Waals surface area contributed by atoms with E-state index in [0.29, 0.717) is 34.5 Å². The van der Waals surface area contributed by atoms with Gasteiger partial charge >= 0.3 is 0 Å². The van der Waals surface area contributed by atoms with Crippen molar-refractivity contribution >= 4 is 54.7 Å². The number of hydrogen-bond acceptors (Lipinski definition) is 4. The molecule has 1 aromatic rings. The van der Waals surface area contributed by atoms with Gasteiger partial charge in [0.15, 0.2) is 0 Å². The molecule has 1 saturated carbocycles. The van der Waals surface area contributed by atoms with Crippen molar-refractivity contribution in [2.24, 2.45) is 0 Å². The van der Waals surface area contributed by atoms with Crippen LogP contribution in [0.2, 0.25) is 5.02 Å². The van der Waals surface area contributed by atoms with E-state index >= 15 is 0 Å². The highest BCUT2D eigenvalue weighted by Gasteiger charge is 2.32. The summed E-state index contributed by atoms with van der Waals surface area (Å²) in [7, 11) is -1.96. The number of rotatable bonds is 3. The Morgan fingerprint density at radius 1 is 1.42 bits per heavy atom. The molecule has 0 saturated heterocycles. The average Bonchev–Trinajstić information content (AvgIpc) is 2.70. The van der Waals surface area contributed by atoms with Gasteiger partial charge in [0.05, 0.1) is 8.81 Å². The molecular weight excluding hydrogens is 374 g/mol. The molecule has 0 N–H and O–H groups in total. The first-order chi connectivity index (χ1) is 8.82. The molecule has 0 spiro atoms. The molecule has 1 aliphatic carbocycles. The van der Waals surface area contributed by atoms with Crippen LogP contribution in [-0.4, -0.2) is 31.6 Å². The zero-order valence-electron chi connectivity index (χ0n) is 10.2. The first-order valence-corrected chi connectivity index (χ1v) is 9.19. The Kier molecular flexibility index (Phi) is 4.72. The zero-order valence-corrected chi connectivity index (χ0v) is 14.2. The van der Waals surface area contributed by atoms with E-state index in [-0.39, 0.29) is 16.0 Å². The smallest absolute Gasteiger partial charge is 0.252 e. The molecule has 1 fully saturated rings. The van der Waals surface area contributed by atoms with E-state index in [2.05, 4.69) is 15.9 Å². The van der Waals surface area contributed by atoms with Crippen LogP contribution >= 0.6 is 38.9 Å². The number of sulfonamides is 1. The molecule has 1 aromatic heterocycles. The van der Waals surface area contributed by atoms with Gasteiger partial charge in [-0.3, -0.25) is 4.79 Å². The lowest BCUT2D eigenvalue weighted by atomic mass is 9.95. The predicted octanol–water partition coefficient (Wildman–Crippen LogP) is 3.30. The Morgan fingerprint density at radius 2 is 2.00 bits per heavy atom. The van der Waals surface area contributed by atoms with Crippen molar-refractivity contribution in [2.45, 2.75) is 35.9 Å². The number of carbonyl (C=O) groups excluding carboxylic acids is 1. The lowest BCUT2D eigenvalue weighted by Gasteiger charge is -2.29. The summed E-state index contributed by atoms with van der Waals surface area (Å²) in [5, 5.41) is 0.399. The monoisotopic (exact) mass is 385 g/mol. The molecule has 1 heterocycles. The summed E-state index contributed by atoms with van der Waals surface area (Å²) in [6.07, 6.45) is 2.10. The van der Waals surface area contributed by atoms with Crippen molar-refractivity contribution in [1.29, 1.82) is 0 Å². The van der Waals surface area contributed by atoms with Crippen LogP contribution < -0.4 is 0 Å². The standard InChI is InChI=1S/C11H13BrClNO3S2/c1-14(7-2-4-8(15)5-3-7)19(16,17)10-6-9(13)11(12)18-10/h6-7H,2-5H2,1H3. The predicted molar refractivity (Wildman–Crippen MR) is 79.2 cm³/mol. The number of hydrogen-bond donors (Lipinski definition) is 0. The molecule has 8 heteroatoms. The van der Waals surface area contributed by atoms with Gasteiger partial charge in [-0.05, 0) is 34.8 Å². The maximum atomic E-state index is 12.5. The van der Waals surface area contributed by atoms with Gasteiger partial charge in [-0.25, -0.2) is 8.42 Å². The summed E-state index contributed by atoms with van der Waals surface area (Å²) in [5.41, 5.74) is 0. The van der Waals surface area contributed by atoms with Gasteiger partial charge in [-0.15, -0.1) is 11.3 Å². The van der Waals surface area contributed by atoms with Gasteiger partial charge in [0.25, 0.3) is 10.0 Å². The fourth-order valence-electron chi connectivity index (χ4n) is 2.08. The molecule has 1 aliphatic rings. The summed E-state index contributed by atoms with van der Waals surface area (Å²) in [5.74, 6) is 0.212. The highest BCUT2D eigenvalue weighted by atomic mass is 79.9. The van der Waals surface area contributed by atoms with Crippen LogP contribution in [0.4, 0.5) is 0 Å². The van der Waals surface area contributed by atoms with E-state index in [9.17, 15) is 13.2 Å². The van der Waals surface area contributed by atoms with Crippen molar-refractivity contribution in [3.8, 4) is 0 Å². The van der Waals surface area contributed by atoms with Crippen LogP contribution in [0.15, 0.2) is 14.1 Å². The molecule has 4 nitrogen and oxygen atoms in total. The maximum absolute atomic E-state index is 12.5. The van der Waals surface area contributed by atoms with Gasteiger partial charge in [0.2, 0.25) is 0 Å². The van der Waals surface area contributed by atoms with E-state index in [1.165, 1.54) is 10.4 Å². The normalized spacial score (nSPS) is 18.2. The molecule has 0 aromatic carbocycles. The van der Waals surface area contributed by atoms with Crippen LogP contribution in [0.3, 0.4) is 0 Å². The van der Waals surface area contributed by atoms with Gasteiger partial charge in [-0.1, -0.05) is 11.6 Å².